The molecule has 3 unspecified atom stereocenters. The first kappa shape index (κ1) is 26.2. The van der Waals surface area contributed by atoms with Gasteiger partial charge in [0, 0.05) is 55.2 Å². The molecular formula is C28H34N8O4. The molecule has 2 saturated heterocycles. The maximum Gasteiger partial charge on any atom is 0.317 e. The molecule has 0 bridgehead atoms. The fourth-order valence-electron chi connectivity index (χ4n) is 5.56. The molecule has 40 heavy (non-hydrogen) atoms. The zero-order chi connectivity index (χ0) is 27.8. The molecule has 3 aromatic heterocycles. The van der Waals surface area contributed by atoms with Gasteiger partial charge in [0.2, 0.25) is 5.65 Å². The summed E-state index contributed by atoms with van der Waals surface area (Å²) in [6, 6.07) is 4.62. The van der Waals surface area contributed by atoms with Crippen LogP contribution in [0.4, 0.5) is 11.5 Å². The van der Waals surface area contributed by atoms with Crippen molar-refractivity contribution in [3.05, 3.63) is 42.0 Å². The highest BCUT2D eigenvalue weighted by Crippen LogP contribution is 2.31. The Labute approximate surface area is 232 Å². The van der Waals surface area contributed by atoms with Crippen LogP contribution >= 0.6 is 0 Å². The van der Waals surface area contributed by atoms with Gasteiger partial charge in [-0.3, -0.25) is 9.20 Å². The minimum absolute atomic E-state index is 0.0278. The summed E-state index contributed by atoms with van der Waals surface area (Å²) >= 11 is 0. The Morgan fingerprint density at radius 1 is 1.18 bits per heavy atom. The maximum atomic E-state index is 13.7. The van der Waals surface area contributed by atoms with Crippen LogP contribution in [0, 0.1) is 6.92 Å². The number of nitrogens with zero attached hydrogens (tertiary/aromatic N) is 6. The van der Waals surface area contributed by atoms with Gasteiger partial charge in [-0.2, -0.15) is 9.97 Å². The Morgan fingerprint density at radius 2 is 2.00 bits per heavy atom. The van der Waals surface area contributed by atoms with Gasteiger partial charge in [-0.15, -0.1) is 0 Å². The lowest BCUT2D eigenvalue weighted by Crippen LogP contribution is -2.54. The molecule has 2 aliphatic rings. The van der Waals surface area contributed by atoms with Gasteiger partial charge in [-0.25, -0.2) is 9.97 Å². The van der Waals surface area contributed by atoms with E-state index < -0.39 is 0 Å². The summed E-state index contributed by atoms with van der Waals surface area (Å²) in [6.45, 7) is 8.99. The monoisotopic (exact) mass is 546 g/mol. The van der Waals surface area contributed by atoms with Gasteiger partial charge in [0.25, 0.3) is 11.8 Å². The van der Waals surface area contributed by atoms with Crippen LogP contribution in [0.15, 0.2) is 30.7 Å². The molecule has 2 fully saturated rings. The molecular weight excluding hydrogens is 512 g/mol. The Balaban J connectivity index is 1.36. The predicted octanol–water partition coefficient (Wildman–Crippen LogP) is 2.99. The van der Waals surface area contributed by atoms with E-state index in [9.17, 15) is 4.79 Å². The summed E-state index contributed by atoms with van der Waals surface area (Å²) in [4.78, 5) is 34.1. The summed E-state index contributed by atoms with van der Waals surface area (Å²) in [6.07, 6.45) is 7.30. The van der Waals surface area contributed by atoms with Gasteiger partial charge in [0.05, 0.1) is 36.2 Å². The van der Waals surface area contributed by atoms with Crippen molar-refractivity contribution in [3.63, 3.8) is 0 Å². The number of hydrogen-bond acceptors (Lipinski definition) is 10. The first-order valence-electron chi connectivity index (χ1n) is 13.6. The summed E-state index contributed by atoms with van der Waals surface area (Å²) in [7, 11) is 1.52. The van der Waals surface area contributed by atoms with Crippen molar-refractivity contribution in [1.82, 2.24) is 29.7 Å². The second-order valence-corrected chi connectivity index (χ2v) is 10.6. The fraction of sp³-hybridized carbons (Fsp3) is 0.464. The molecule has 210 valence electrons. The van der Waals surface area contributed by atoms with Crippen LogP contribution in [-0.2, 0) is 4.74 Å². The zero-order valence-electron chi connectivity index (χ0n) is 23.2. The van der Waals surface area contributed by atoms with Crippen molar-refractivity contribution in [2.24, 2.45) is 0 Å². The number of ether oxygens (including phenoxy) is 3. The third kappa shape index (κ3) is 5.24. The van der Waals surface area contributed by atoms with Gasteiger partial charge in [0.15, 0.2) is 5.82 Å². The number of carbonyl (C=O) groups excluding carboxylic acids is 1. The number of imidazole rings is 1. The molecule has 12 nitrogen and oxygen atoms in total. The molecule has 3 atom stereocenters. The Kier molecular flexibility index (Phi) is 7.11. The van der Waals surface area contributed by atoms with Gasteiger partial charge in [-0.05, 0) is 45.7 Å². The zero-order valence-corrected chi connectivity index (χ0v) is 23.2. The van der Waals surface area contributed by atoms with E-state index in [2.05, 4.69) is 44.3 Å². The normalized spacial score (nSPS) is 21.2. The van der Waals surface area contributed by atoms with Crippen LogP contribution in [-0.4, -0.2) is 81.8 Å². The third-order valence-corrected chi connectivity index (χ3v) is 7.23. The number of fused-ring (bicyclic) bond motifs is 2. The second kappa shape index (κ2) is 10.9. The van der Waals surface area contributed by atoms with Crippen LogP contribution in [0.3, 0.4) is 0 Å². The van der Waals surface area contributed by atoms with Crippen molar-refractivity contribution in [2.45, 2.75) is 51.8 Å². The van der Waals surface area contributed by atoms with Gasteiger partial charge in [0.1, 0.15) is 6.61 Å². The highest BCUT2D eigenvalue weighted by atomic mass is 16.5. The van der Waals surface area contributed by atoms with E-state index in [1.165, 1.54) is 7.11 Å². The molecule has 2 aliphatic heterocycles. The molecule has 12 heteroatoms. The number of amides is 1. The van der Waals surface area contributed by atoms with Crippen molar-refractivity contribution < 1.29 is 19.0 Å². The number of methoxy groups -OCH3 is 1. The van der Waals surface area contributed by atoms with E-state index in [0.717, 1.165) is 49.3 Å². The largest absolute Gasteiger partial charge is 0.478 e. The summed E-state index contributed by atoms with van der Waals surface area (Å²) in [5.74, 6) is 0.297. The van der Waals surface area contributed by atoms with Crippen LogP contribution in [0.5, 0.6) is 11.9 Å². The van der Waals surface area contributed by atoms with Crippen molar-refractivity contribution >= 4 is 34.0 Å². The lowest BCUT2D eigenvalue weighted by molar-refractivity contribution is 0.0646. The van der Waals surface area contributed by atoms with E-state index in [4.69, 9.17) is 19.2 Å². The van der Waals surface area contributed by atoms with Crippen LogP contribution < -0.4 is 25.0 Å². The first-order valence-corrected chi connectivity index (χ1v) is 13.6. The quantitative estimate of drug-likeness (QED) is 0.357. The van der Waals surface area contributed by atoms with Crippen LogP contribution in [0.1, 0.15) is 42.7 Å². The number of hydrogen-bond donors (Lipinski definition) is 2. The molecule has 0 spiro atoms. The Morgan fingerprint density at radius 3 is 2.75 bits per heavy atom. The highest BCUT2D eigenvalue weighted by molar-refractivity contribution is 6.13. The predicted molar refractivity (Wildman–Crippen MR) is 151 cm³/mol. The second-order valence-electron chi connectivity index (χ2n) is 10.6. The molecule has 6 rings (SSSR count). The van der Waals surface area contributed by atoms with Crippen molar-refractivity contribution in [2.75, 3.05) is 43.6 Å². The minimum atomic E-state index is -0.354. The van der Waals surface area contributed by atoms with Crippen molar-refractivity contribution in [1.29, 1.82) is 0 Å². The number of aryl methyl sites for hydroxylation is 1. The van der Waals surface area contributed by atoms with Crippen molar-refractivity contribution in [3.8, 4) is 11.9 Å². The number of anilines is 2. The molecule has 0 radical (unpaired) electrons. The summed E-state index contributed by atoms with van der Waals surface area (Å²) in [5.41, 5.74) is 3.27. The number of nitrogens with one attached hydrogen (secondary N) is 2. The van der Waals surface area contributed by atoms with E-state index in [0.29, 0.717) is 47.1 Å². The molecule has 2 N–H and O–H groups in total. The molecule has 4 aromatic rings. The van der Waals surface area contributed by atoms with Gasteiger partial charge >= 0.3 is 6.01 Å². The Hall–Kier alpha value is -4.03. The molecule has 1 aromatic carbocycles. The number of piperazine rings is 1. The van der Waals surface area contributed by atoms with Gasteiger partial charge in [-0.1, -0.05) is 0 Å². The minimum Gasteiger partial charge on any atom is -0.478 e. The molecule has 0 aliphatic carbocycles. The summed E-state index contributed by atoms with van der Waals surface area (Å²) in [5, 5.41) is 7.26. The van der Waals surface area contributed by atoms with Crippen LogP contribution in [0.25, 0.3) is 16.6 Å². The number of benzene rings is 1. The number of aromatic nitrogens is 5. The smallest absolute Gasteiger partial charge is 0.317 e. The molecule has 5 heterocycles. The Bertz CT molecular complexity index is 1540. The standard InChI is InChI=1S/C28H34N8O4/c1-16-11-35(12-17(2)30-16)22-8-7-20(24-21(22)10-29-28(34-24)40-15-19-6-5-9-39-19)26(37)32-23-14-36-13-18(3)31-25(36)27(33-23)38-4/h7-8,10,13-14,16-17,19,30H,5-6,9,11-12,15H2,1-4H3,(H,32,37). The lowest BCUT2D eigenvalue weighted by Gasteiger charge is -2.38. The van der Waals surface area contributed by atoms with Gasteiger partial charge < -0.3 is 29.7 Å². The number of rotatable bonds is 7. The average molecular weight is 547 g/mol. The van der Waals surface area contributed by atoms with E-state index in [1.807, 2.05) is 19.2 Å². The average Bonchev–Trinajstić information content (AvgIpc) is 3.59. The third-order valence-electron chi connectivity index (χ3n) is 7.23. The molecule has 1 amide bonds. The first-order chi connectivity index (χ1) is 19.4. The van der Waals surface area contributed by atoms with E-state index >= 15 is 0 Å². The topological polar surface area (TPSA) is 128 Å². The number of carbonyl (C=O) groups is 1. The fourth-order valence-corrected chi connectivity index (χ4v) is 5.56. The SMILES string of the molecule is COc1nc(NC(=O)c2ccc(N3CC(C)NC(C)C3)c3cnc(OCC4CCCO4)nc23)cn2cc(C)nc12. The van der Waals surface area contributed by atoms with E-state index in [-0.39, 0.29) is 18.0 Å². The summed E-state index contributed by atoms with van der Waals surface area (Å²) < 4.78 is 18.8. The highest BCUT2D eigenvalue weighted by Gasteiger charge is 2.25. The van der Waals surface area contributed by atoms with E-state index in [1.54, 1.807) is 22.9 Å². The maximum absolute atomic E-state index is 13.7. The lowest BCUT2D eigenvalue weighted by atomic mass is 10.0. The van der Waals surface area contributed by atoms with Crippen LogP contribution in [0.2, 0.25) is 0 Å². The molecule has 0 saturated carbocycles.